The molecule has 48 heavy (non-hydrogen) atoms. The van der Waals surface area contributed by atoms with Crippen molar-refractivity contribution in [2.45, 2.75) is 104 Å². The van der Waals surface area contributed by atoms with Crippen molar-refractivity contribution in [1.29, 1.82) is 0 Å². The molecule has 9 atom stereocenters. The molecule has 0 aromatic heterocycles. The molecule has 0 spiro atoms. The molecule has 11 heteroatoms. The van der Waals surface area contributed by atoms with Crippen molar-refractivity contribution in [1.82, 2.24) is 4.90 Å². The molecule has 0 amide bonds. The fraction of sp³-hybridized carbons (Fsp3) is 0.595. The highest BCUT2D eigenvalue weighted by Gasteiger charge is 2.64. The zero-order chi connectivity index (χ0) is 35.9. The second kappa shape index (κ2) is 14.0. The largest absolute Gasteiger partial charge is 0.462 e. The summed E-state index contributed by atoms with van der Waals surface area (Å²) in [5.74, 6) is -3.85. The minimum absolute atomic E-state index is 0.0581. The predicted molar refractivity (Wildman–Crippen MR) is 175 cm³/mol. The number of ether oxygens (including phenoxy) is 4. The maximum Gasteiger partial charge on any atom is 0.337 e. The fourth-order valence-electron chi connectivity index (χ4n) is 8.36. The Morgan fingerprint density at radius 2 is 1.50 bits per heavy atom. The number of allylic oxidation sites excluding steroid dienone is 1. The zero-order valence-corrected chi connectivity index (χ0v) is 29.4. The van der Waals surface area contributed by atoms with E-state index >= 15 is 0 Å². The van der Waals surface area contributed by atoms with Crippen LogP contribution in [0.4, 0.5) is 0 Å². The molecular formula is C37H49NO10. The number of hydrogen-bond acceptors (Lipinski definition) is 11. The van der Waals surface area contributed by atoms with Crippen molar-refractivity contribution < 1.29 is 48.0 Å². The summed E-state index contributed by atoms with van der Waals surface area (Å²) in [6.07, 6.45) is -5.49. The molecule has 1 aromatic carbocycles. The normalized spacial score (nSPS) is 31.1. The molecule has 3 aliphatic rings. The summed E-state index contributed by atoms with van der Waals surface area (Å²) >= 11 is 0. The smallest absolute Gasteiger partial charge is 0.337 e. The van der Waals surface area contributed by atoms with Crippen LogP contribution in [0.15, 0.2) is 53.6 Å². The third-order valence-corrected chi connectivity index (χ3v) is 10.8. The number of aliphatic hydroxyl groups excluding tert-OH is 1. The van der Waals surface area contributed by atoms with Gasteiger partial charge in [0.15, 0.2) is 24.1 Å². The molecule has 0 radical (unpaired) electrons. The maximum atomic E-state index is 13.7. The molecule has 2 saturated carbocycles. The first-order chi connectivity index (χ1) is 22.3. The Hall–Kier alpha value is -3.83. The van der Waals surface area contributed by atoms with Gasteiger partial charge in [0.25, 0.3) is 0 Å². The van der Waals surface area contributed by atoms with E-state index in [2.05, 4.69) is 6.58 Å². The number of Topliss-reactive ketones (excluding diaryl/α,β-unsaturated/α-hetero) is 1. The molecule has 1 N–H and O–H groups in total. The van der Waals surface area contributed by atoms with Gasteiger partial charge in [-0.05, 0) is 67.0 Å². The molecule has 0 aliphatic heterocycles. The van der Waals surface area contributed by atoms with Gasteiger partial charge in [0.2, 0.25) is 0 Å². The third-order valence-electron chi connectivity index (χ3n) is 10.8. The monoisotopic (exact) mass is 667 g/mol. The van der Waals surface area contributed by atoms with Gasteiger partial charge in [-0.15, -0.1) is 0 Å². The summed E-state index contributed by atoms with van der Waals surface area (Å²) < 4.78 is 24.0. The van der Waals surface area contributed by atoms with Crippen molar-refractivity contribution in [3.05, 3.63) is 59.2 Å². The number of hydrogen-bond donors (Lipinski definition) is 1. The van der Waals surface area contributed by atoms with E-state index in [-0.39, 0.29) is 24.5 Å². The number of likely N-dealkylation sites (N-methyl/N-ethyl adjacent to an activating group) is 1. The minimum atomic E-state index is -1.57. The lowest BCUT2D eigenvalue weighted by atomic mass is 9.49. The first-order valence-corrected chi connectivity index (χ1v) is 16.4. The number of rotatable bonds is 8. The average molecular weight is 668 g/mol. The third kappa shape index (κ3) is 6.85. The van der Waals surface area contributed by atoms with E-state index in [9.17, 15) is 29.1 Å². The van der Waals surface area contributed by atoms with Gasteiger partial charge in [-0.3, -0.25) is 24.1 Å². The first-order valence-electron chi connectivity index (χ1n) is 16.4. The van der Waals surface area contributed by atoms with E-state index in [1.54, 1.807) is 32.8 Å². The van der Waals surface area contributed by atoms with Gasteiger partial charge >= 0.3 is 23.9 Å². The molecule has 3 aliphatic carbocycles. The molecule has 0 heterocycles. The Labute approximate surface area is 282 Å². The van der Waals surface area contributed by atoms with Crippen LogP contribution >= 0.6 is 0 Å². The number of nitrogens with zero attached hydrogens (tertiary/aromatic N) is 1. The molecule has 4 rings (SSSR count). The van der Waals surface area contributed by atoms with Crippen LogP contribution in [0.2, 0.25) is 0 Å². The SMILES string of the molecule is C=C1C(OC(=O)C(O)C(c2ccccc2)N(C)C)CC(OC(C)=O)[C@@]2(C)C(OC(C)=O)C(OC(C)=O)C3=C(C)C(=O)C[C@@H](C[C@H]12)C3(C)C. The average Bonchev–Trinajstić information content (AvgIpc) is 2.98. The number of carbonyl (C=O) groups is 5. The van der Waals surface area contributed by atoms with Crippen LogP contribution in [0, 0.1) is 22.7 Å². The van der Waals surface area contributed by atoms with Crippen LogP contribution in [0.1, 0.15) is 79.3 Å². The number of ketones is 1. The Balaban J connectivity index is 1.85. The van der Waals surface area contributed by atoms with Crippen molar-refractivity contribution in [2.24, 2.45) is 22.7 Å². The Morgan fingerprint density at radius 1 is 0.917 bits per heavy atom. The van der Waals surface area contributed by atoms with Crippen molar-refractivity contribution >= 4 is 29.7 Å². The topological polar surface area (TPSA) is 146 Å². The van der Waals surface area contributed by atoms with Gasteiger partial charge in [-0.1, -0.05) is 57.7 Å². The van der Waals surface area contributed by atoms with E-state index in [0.29, 0.717) is 28.7 Å². The molecular weight excluding hydrogens is 618 g/mol. The minimum Gasteiger partial charge on any atom is -0.462 e. The van der Waals surface area contributed by atoms with E-state index in [4.69, 9.17) is 18.9 Å². The van der Waals surface area contributed by atoms with Gasteiger partial charge < -0.3 is 24.1 Å². The molecule has 2 fully saturated rings. The summed E-state index contributed by atoms with van der Waals surface area (Å²) in [7, 11) is 3.49. The van der Waals surface area contributed by atoms with Gasteiger partial charge in [0, 0.05) is 33.6 Å². The van der Waals surface area contributed by atoms with Crippen LogP contribution in [0.3, 0.4) is 0 Å². The van der Waals surface area contributed by atoms with Crippen LogP contribution < -0.4 is 0 Å². The quantitative estimate of drug-likeness (QED) is 0.241. The number of esters is 4. The van der Waals surface area contributed by atoms with E-state index in [0.717, 1.165) is 0 Å². The van der Waals surface area contributed by atoms with Crippen molar-refractivity contribution in [3.63, 3.8) is 0 Å². The van der Waals surface area contributed by atoms with Gasteiger partial charge in [-0.2, -0.15) is 0 Å². The Bertz CT molecular complexity index is 1500. The second-order valence-corrected chi connectivity index (χ2v) is 14.4. The summed E-state index contributed by atoms with van der Waals surface area (Å²) in [6.45, 7) is 15.6. The number of aliphatic hydroxyl groups is 1. The van der Waals surface area contributed by atoms with Gasteiger partial charge in [0.05, 0.1) is 11.5 Å². The molecule has 11 nitrogen and oxygen atoms in total. The lowest BCUT2D eigenvalue weighted by molar-refractivity contribution is -0.212. The predicted octanol–water partition coefficient (Wildman–Crippen LogP) is 4.27. The number of carbonyl (C=O) groups excluding carboxylic acids is 5. The molecule has 2 bridgehead atoms. The van der Waals surface area contributed by atoms with Crippen LogP contribution in [-0.4, -0.2) is 84.3 Å². The molecule has 0 saturated heterocycles. The summed E-state index contributed by atoms with van der Waals surface area (Å²) in [5, 5.41) is 11.3. The van der Waals surface area contributed by atoms with Gasteiger partial charge in [0.1, 0.15) is 12.2 Å². The second-order valence-electron chi connectivity index (χ2n) is 14.4. The van der Waals surface area contributed by atoms with E-state index < -0.39 is 77.2 Å². The molecule has 6 unspecified atom stereocenters. The number of fused-ring (bicyclic) bond motifs is 3. The van der Waals surface area contributed by atoms with Crippen LogP contribution in [0.5, 0.6) is 0 Å². The summed E-state index contributed by atoms with van der Waals surface area (Å²) in [4.78, 5) is 67.0. The maximum absolute atomic E-state index is 13.7. The summed E-state index contributed by atoms with van der Waals surface area (Å²) in [6, 6.07) is 8.37. The van der Waals surface area contributed by atoms with E-state index in [1.165, 1.54) is 20.8 Å². The highest BCUT2D eigenvalue weighted by atomic mass is 16.6. The highest BCUT2D eigenvalue weighted by molar-refractivity contribution is 5.97. The van der Waals surface area contributed by atoms with Crippen molar-refractivity contribution in [2.75, 3.05) is 14.1 Å². The Morgan fingerprint density at radius 3 is 2.04 bits per heavy atom. The standard InChI is InChI=1S/C37H49NO10/c1-19-26-16-25-17-27(42)20(2)30(36(25,6)7)33(46-22(4)40)34(47-23(5)41)37(26,8)29(45-21(3)39)18-28(19)48-35(44)32(43)31(38(9)10)24-14-12-11-13-15-24/h11-15,25-26,28-29,31-34,43H,1,16-18H2,2-10H3/t25-,26-,28?,29?,31?,32?,33?,34?,37+/m1/s1. The molecule has 1 aromatic rings. The van der Waals surface area contributed by atoms with E-state index in [1.807, 2.05) is 44.2 Å². The molecule has 262 valence electrons. The van der Waals surface area contributed by atoms with Crippen LogP contribution in [0.25, 0.3) is 0 Å². The fourth-order valence-corrected chi connectivity index (χ4v) is 8.36. The first kappa shape index (κ1) is 37.0. The van der Waals surface area contributed by atoms with Crippen LogP contribution in [-0.2, 0) is 42.9 Å². The lowest BCUT2D eigenvalue weighted by Crippen LogP contribution is -2.64. The highest BCUT2D eigenvalue weighted by Crippen LogP contribution is 2.60. The zero-order valence-electron chi connectivity index (χ0n) is 29.4. The number of benzene rings is 1. The Kier molecular flexibility index (Phi) is 10.8. The lowest BCUT2D eigenvalue weighted by Gasteiger charge is -2.59. The summed E-state index contributed by atoms with van der Waals surface area (Å²) in [5.41, 5.74) is 0.235. The van der Waals surface area contributed by atoms with Gasteiger partial charge in [-0.25, -0.2) is 4.79 Å². The van der Waals surface area contributed by atoms with Crippen molar-refractivity contribution in [3.8, 4) is 0 Å².